The number of likely N-dealkylation sites (tertiary alicyclic amines) is 2. The molecule has 2 aromatic carbocycles. The quantitative estimate of drug-likeness (QED) is 0.460. The van der Waals surface area contributed by atoms with E-state index < -0.39 is 35.5 Å². The molecule has 2 amide bonds. The monoisotopic (exact) mass is 532 g/mol. The zero-order valence-corrected chi connectivity index (χ0v) is 20.8. The van der Waals surface area contributed by atoms with E-state index in [1.807, 2.05) is 0 Å². The number of hydrogen-bond acceptors (Lipinski definition) is 5. The Morgan fingerprint density at radius 2 is 1.79 bits per heavy atom. The number of aliphatic hydroxyl groups is 1. The fourth-order valence-corrected chi connectivity index (χ4v) is 5.28. The maximum absolute atomic E-state index is 13.7. The highest BCUT2D eigenvalue weighted by Crippen LogP contribution is 2.39. The highest BCUT2D eigenvalue weighted by atomic mass is 19.4. The summed E-state index contributed by atoms with van der Waals surface area (Å²) in [7, 11) is 0. The number of piperidine rings is 2. The van der Waals surface area contributed by atoms with E-state index in [4.69, 9.17) is 4.52 Å². The van der Waals surface area contributed by atoms with Crippen LogP contribution in [0.15, 0.2) is 47.0 Å². The van der Waals surface area contributed by atoms with E-state index >= 15 is 0 Å². The number of halogens is 4. The summed E-state index contributed by atoms with van der Waals surface area (Å²) in [5.74, 6) is -0.851. The second-order valence-corrected chi connectivity index (χ2v) is 10.1. The van der Waals surface area contributed by atoms with Gasteiger partial charge in [-0.2, -0.15) is 18.2 Å². The molecule has 5 rings (SSSR count). The van der Waals surface area contributed by atoms with Crippen molar-refractivity contribution in [3.05, 3.63) is 70.9 Å². The van der Waals surface area contributed by atoms with Crippen molar-refractivity contribution >= 4 is 6.03 Å². The molecule has 2 aliphatic heterocycles. The second kappa shape index (κ2) is 10.4. The van der Waals surface area contributed by atoms with Gasteiger partial charge in [0.15, 0.2) is 0 Å². The van der Waals surface area contributed by atoms with Crippen molar-refractivity contribution in [1.82, 2.24) is 19.9 Å². The molecule has 2 aliphatic rings. The second-order valence-electron chi connectivity index (χ2n) is 10.1. The fraction of sp³-hybridized carbons (Fsp3) is 0.444. The Labute approximate surface area is 217 Å². The maximum Gasteiger partial charge on any atom is 0.416 e. The normalized spacial score (nSPS) is 21.1. The molecule has 2 fully saturated rings. The SMILES string of the molecule is Cc1ccc(C2CC(c3nc(-c4cccc(F)c4)no3)CN(C(=O)N3CCC(O)CC3)C2)cc1C(F)(F)F. The van der Waals surface area contributed by atoms with Crippen LogP contribution >= 0.6 is 0 Å². The van der Waals surface area contributed by atoms with Gasteiger partial charge in [-0.1, -0.05) is 29.4 Å². The molecule has 3 aromatic rings. The van der Waals surface area contributed by atoms with E-state index in [1.165, 1.54) is 31.2 Å². The molecule has 1 aromatic heterocycles. The number of carbonyl (C=O) groups is 1. The summed E-state index contributed by atoms with van der Waals surface area (Å²) in [5, 5.41) is 13.8. The van der Waals surface area contributed by atoms with Gasteiger partial charge in [0.2, 0.25) is 11.7 Å². The molecule has 2 saturated heterocycles. The third-order valence-corrected chi connectivity index (χ3v) is 7.37. The molecule has 0 aliphatic carbocycles. The highest BCUT2D eigenvalue weighted by molar-refractivity contribution is 5.75. The first-order valence-electron chi connectivity index (χ1n) is 12.6. The van der Waals surface area contributed by atoms with E-state index in [-0.39, 0.29) is 36.4 Å². The molecule has 0 bridgehead atoms. The van der Waals surface area contributed by atoms with Gasteiger partial charge in [0.1, 0.15) is 5.82 Å². The number of hydrogen-bond donors (Lipinski definition) is 1. The Hall–Kier alpha value is -3.47. The van der Waals surface area contributed by atoms with E-state index in [1.54, 1.807) is 21.9 Å². The van der Waals surface area contributed by atoms with E-state index in [2.05, 4.69) is 10.1 Å². The van der Waals surface area contributed by atoms with Crippen LogP contribution in [0.25, 0.3) is 11.4 Å². The lowest BCUT2D eigenvalue weighted by atomic mass is 9.83. The van der Waals surface area contributed by atoms with E-state index in [9.17, 15) is 27.5 Å². The van der Waals surface area contributed by atoms with Crippen molar-refractivity contribution in [2.24, 2.45) is 0 Å². The molecule has 0 saturated carbocycles. The number of rotatable bonds is 3. The van der Waals surface area contributed by atoms with Crippen molar-refractivity contribution in [3.63, 3.8) is 0 Å². The molecular formula is C27H28F4N4O3. The van der Waals surface area contributed by atoms with Crippen LogP contribution < -0.4 is 0 Å². The Kier molecular flexibility index (Phi) is 7.13. The molecule has 3 heterocycles. The van der Waals surface area contributed by atoms with Crippen LogP contribution in [0.4, 0.5) is 22.4 Å². The number of aliphatic hydroxyl groups excluding tert-OH is 1. The van der Waals surface area contributed by atoms with Gasteiger partial charge in [-0.25, -0.2) is 9.18 Å². The molecule has 0 spiro atoms. The van der Waals surface area contributed by atoms with Gasteiger partial charge in [0, 0.05) is 37.7 Å². The molecule has 2 unspecified atom stereocenters. The average Bonchev–Trinajstić information content (AvgIpc) is 3.39. The highest BCUT2D eigenvalue weighted by Gasteiger charge is 2.38. The molecule has 11 heteroatoms. The third kappa shape index (κ3) is 5.52. The number of amides is 2. The van der Waals surface area contributed by atoms with Crippen molar-refractivity contribution in [3.8, 4) is 11.4 Å². The lowest BCUT2D eigenvalue weighted by Crippen LogP contribution is -2.51. The first-order valence-corrected chi connectivity index (χ1v) is 12.6. The van der Waals surface area contributed by atoms with Crippen LogP contribution in [-0.2, 0) is 6.18 Å². The van der Waals surface area contributed by atoms with Gasteiger partial charge in [-0.3, -0.25) is 0 Å². The van der Waals surface area contributed by atoms with Crippen molar-refractivity contribution < 1.29 is 32.0 Å². The average molecular weight is 533 g/mol. The topological polar surface area (TPSA) is 82.7 Å². The zero-order valence-electron chi connectivity index (χ0n) is 20.8. The molecular weight excluding hydrogens is 504 g/mol. The smallest absolute Gasteiger partial charge is 0.393 e. The van der Waals surface area contributed by atoms with Crippen molar-refractivity contribution in [1.29, 1.82) is 0 Å². The van der Waals surface area contributed by atoms with Crippen LogP contribution in [-0.4, -0.2) is 63.4 Å². The summed E-state index contributed by atoms with van der Waals surface area (Å²) in [5.41, 5.74) is 0.334. The first kappa shape index (κ1) is 26.1. The zero-order chi connectivity index (χ0) is 27.0. The summed E-state index contributed by atoms with van der Waals surface area (Å²) in [6.45, 7) is 2.71. The summed E-state index contributed by atoms with van der Waals surface area (Å²) in [6, 6.07) is 9.81. The lowest BCUT2D eigenvalue weighted by Gasteiger charge is -2.40. The summed E-state index contributed by atoms with van der Waals surface area (Å²) in [6.07, 6.45) is -3.60. The Bertz CT molecular complexity index is 1300. The number of alkyl halides is 3. The number of benzene rings is 2. The van der Waals surface area contributed by atoms with Crippen LogP contribution in [0.2, 0.25) is 0 Å². The molecule has 202 valence electrons. The van der Waals surface area contributed by atoms with Crippen LogP contribution in [0, 0.1) is 12.7 Å². The van der Waals surface area contributed by atoms with Crippen LogP contribution in [0.5, 0.6) is 0 Å². The minimum atomic E-state index is -4.50. The van der Waals surface area contributed by atoms with Crippen LogP contribution in [0.3, 0.4) is 0 Å². The minimum Gasteiger partial charge on any atom is -0.393 e. The predicted octanol–water partition coefficient (Wildman–Crippen LogP) is 5.35. The molecule has 7 nitrogen and oxygen atoms in total. The number of aromatic nitrogens is 2. The van der Waals surface area contributed by atoms with Gasteiger partial charge in [0.05, 0.1) is 17.6 Å². The maximum atomic E-state index is 13.7. The molecule has 38 heavy (non-hydrogen) atoms. The predicted molar refractivity (Wildman–Crippen MR) is 130 cm³/mol. The first-order chi connectivity index (χ1) is 18.1. The number of carbonyl (C=O) groups excluding carboxylic acids is 1. The van der Waals surface area contributed by atoms with Crippen molar-refractivity contribution in [2.45, 2.75) is 50.3 Å². The van der Waals surface area contributed by atoms with E-state index in [0.29, 0.717) is 43.5 Å². The number of urea groups is 1. The number of nitrogens with zero attached hydrogens (tertiary/aromatic N) is 4. The lowest BCUT2D eigenvalue weighted by molar-refractivity contribution is -0.138. The standard InChI is InChI=1S/C27H28F4N4O3/c1-16-5-6-17(13-23(16)27(29,30)31)19-11-20(15-35(14-19)26(37)34-9-7-22(36)8-10-34)25-32-24(33-38-25)18-3-2-4-21(28)12-18/h2-6,12-13,19-20,22,36H,7-11,14-15H2,1H3. The molecule has 2 atom stereocenters. The largest absolute Gasteiger partial charge is 0.416 e. The minimum absolute atomic E-state index is 0.130. The summed E-state index contributed by atoms with van der Waals surface area (Å²) in [4.78, 5) is 21.2. The Morgan fingerprint density at radius 3 is 2.50 bits per heavy atom. The summed E-state index contributed by atoms with van der Waals surface area (Å²) >= 11 is 0. The molecule has 0 radical (unpaired) electrons. The van der Waals surface area contributed by atoms with Crippen LogP contribution in [0.1, 0.15) is 53.7 Å². The summed E-state index contributed by atoms with van der Waals surface area (Å²) < 4.78 is 60.2. The van der Waals surface area contributed by atoms with Gasteiger partial charge < -0.3 is 19.4 Å². The van der Waals surface area contributed by atoms with E-state index in [0.717, 1.165) is 6.07 Å². The van der Waals surface area contributed by atoms with Gasteiger partial charge in [0.25, 0.3) is 0 Å². The Morgan fingerprint density at radius 1 is 1.05 bits per heavy atom. The van der Waals surface area contributed by atoms with Crippen molar-refractivity contribution in [2.75, 3.05) is 26.2 Å². The van der Waals surface area contributed by atoms with Gasteiger partial charge >= 0.3 is 12.2 Å². The van der Waals surface area contributed by atoms with Gasteiger partial charge in [-0.15, -0.1) is 0 Å². The van der Waals surface area contributed by atoms with Gasteiger partial charge in [-0.05, 0) is 55.5 Å². The third-order valence-electron chi connectivity index (χ3n) is 7.37. The number of aryl methyl sites for hydroxylation is 1. The fourth-order valence-electron chi connectivity index (χ4n) is 5.28. The Balaban J connectivity index is 1.45. The molecule has 1 N–H and O–H groups in total.